The average molecular weight is 416 g/mol. The molecule has 10 heteroatoms. The fourth-order valence-electron chi connectivity index (χ4n) is 4.30. The van der Waals surface area contributed by atoms with Gasteiger partial charge in [0.25, 0.3) is 11.6 Å². The van der Waals surface area contributed by atoms with E-state index in [9.17, 15) is 19.7 Å². The van der Waals surface area contributed by atoms with Crippen LogP contribution in [0.15, 0.2) is 35.5 Å². The second kappa shape index (κ2) is 8.41. The summed E-state index contributed by atoms with van der Waals surface area (Å²) in [6.07, 6.45) is 0.869. The highest BCUT2D eigenvalue weighted by atomic mass is 16.6. The molecule has 10 nitrogen and oxygen atoms in total. The number of carbonyl (C=O) groups is 2. The maximum Gasteiger partial charge on any atom is 0.322 e. The summed E-state index contributed by atoms with van der Waals surface area (Å²) in [4.78, 5) is 41.1. The lowest BCUT2D eigenvalue weighted by atomic mass is 9.95. The van der Waals surface area contributed by atoms with Crippen LogP contribution in [0.2, 0.25) is 0 Å². The minimum Gasteiger partial charge on any atom is -0.370 e. The number of nitrogens with zero attached hydrogens (tertiary/aromatic N) is 3. The molecule has 3 heterocycles. The number of amides is 3. The lowest BCUT2D eigenvalue weighted by Gasteiger charge is -2.31. The summed E-state index contributed by atoms with van der Waals surface area (Å²) in [5, 5.41) is 14.0. The Kier molecular flexibility index (Phi) is 5.69. The Balaban J connectivity index is 1.50. The van der Waals surface area contributed by atoms with Gasteiger partial charge < -0.3 is 19.9 Å². The van der Waals surface area contributed by atoms with Crippen molar-refractivity contribution in [1.82, 2.24) is 15.1 Å². The van der Waals surface area contributed by atoms with Crippen LogP contribution in [-0.4, -0.2) is 79.6 Å². The van der Waals surface area contributed by atoms with E-state index < -0.39 is 11.0 Å². The summed E-state index contributed by atoms with van der Waals surface area (Å²) >= 11 is 0. The number of quaternary nitrogens is 1. The molecule has 0 saturated carbocycles. The van der Waals surface area contributed by atoms with Gasteiger partial charge in [-0.05, 0) is 5.56 Å². The number of nitrogens with one attached hydrogen (secondary N) is 2. The van der Waals surface area contributed by atoms with Gasteiger partial charge in [0.1, 0.15) is 13.1 Å². The molecule has 2 N–H and O–H groups in total. The molecule has 30 heavy (non-hydrogen) atoms. The van der Waals surface area contributed by atoms with Crippen molar-refractivity contribution in [2.45, 2.75) is 12.5 Å². The predicted molar refractivity (Wildman–Crippen MR) is 107 cm³/mol. The zero-order chi connectivity index (χ0) is 21.3. The fraction of sp³-hybridized carbons (Fsp3) is 0.500. The van der Waals surface area contributed by atoms with Crippen molar-refractivity contribution < 1.29 is 24.1 Å². The van der Waals surface area contributed by atoms with Crippen LogP contribution in [0.25, 0.3) is 0 Å². The third-order valence-corrected chi connectivity index (χ3v) is 6.01. The summed E-state index contributed by atoms with van der Waals surface area (Å²) in [6, 6.07) is 5.07. The molecule has 1 atom stereocenters. The van der Waals surface area contributed by atoms with Gasteiger partial charge in [0, 0.05) is 32.1 Å². The fourth-order valence-corrected chi connectivity index (χ4v) is 4.30. The molecule has 160 valence electrons. The highest BCUT2D eigenvalue weighted by molar-refractivity contribution is 6.01. The van der Waals surface area contributed by atoms with Crippen LogP contribution >= 0.6 is 0 Å². The summed E-state index contributed by atoms with van der Waals surface area (Å²) in [7, 11) is 1.64. The molecule has 0 spiro atoms. The van der Waals surface area contributed by atoms with Crippen molar-refractivity contribution in [2.24, 2.45) is 0 Å². The van der Waals surface area contributed by atoms with Crippen LogP contribution in [0.5, 0.6) is 0 Å². The molecule has 1 saturated heterocycles. The van der Waals surface area contributed by atoms with Gasteiger partial charge in [-0.2, -0.15) is 0 Å². The standard InChI is InChI=1S/C20H25N5O5/c1-22-16-13-24(7-3-6-23-8-10-30-11-9-23)19(26)17(16)18(21-20(22)27)14-4-2-5-15(12-14)25(28)29/h2,4-5,12,18H,3,6-11,13H2,1H3,(H,21,27)/p+1/t18-/m0/s1. The normalized spacial score (nSPS) is 22.4. The van der Waals surface area contributed by atoms with E-state index in [2.05, 4.69) is 5.32 Å². The van der Waals surface area contributed by atoms with Gasteiger partial charge in [-0.3, -0.25) is 19.8 Å². The van der Waals surface area contributed by atoms with Crippen molar-refractivity contribution in [3.8, 4) is 0 Å². The Bertz CT molecular complexity index is 895. The second-order valence-electron chi connectivity index (χ2n) is 7.85. The van der Waals surface area contributed by atoms with Crippen LogP contribution in [0.4, 0.5) is 10.5 Å². The number of nitro benzene ring substituents is 1. The zero-order valence-corrected chi connectivity index (χ0v) is 16.9. The molecule has 4 rings (SSSR count). The minimum atomic E-state index is -0.689. The molecule has 1 fully saturated rings. The van der Waals surface area contributed by atoms with E-state index in [0.29, 0.717) is 29.9 Å². The maximum absolute atomic E-state index is 13.2. The van der Waals surface area contributed by atoms with Crippen molar-refractivity contribution in [2.75, 3.05) is 53.0 Å². The number of non-ortho nitro benzene ring substituents is 1. The third-order valence-electron chi connectivity index (χ3n) is 6.01. The number of nitro groups is 1. The first-order chi connectivity index (χ1) is 14.5. The van der Waals surface area contributed by atoms with Gasteiger partial charge in [0.2, 0.25) is 0 Å². The number of rotatable bonds is 6. The largest absolute Gasteiger partial charge is 0.370 e. The second-order valence-corrected chi connectivity index (χ2v) is 7.85. The highest BCUT2D eigenvalue weighted by Gasteiger charge is 2.43. The molecule has 0 aliphatic carbocycles. The Morgan fingerprint density at radius 3 is 2.80 bits per heavy atom. The Hall–Kier alpha value is -2.98. The Morgan fingerprint density at radius 1 is 1.30 bits per heavy atom. The lowest BCUT2D eigenvalue weighted by molar-refractivity contribution is -0.908. The smallest absolute Gasteiger partial charge is 0.322 e. The first kappa shape index (κ1) is 20.3. The van der Waals surface area contributed by atoms with Crippen molar-refractivity contribution in [1.29, 1.82) is 0 Å². The molecule has 1 aromatic rings. The van der Waals surface area contributed by atoms with E-state index in [4.69, 9.17) is 4.74 Å². The maximum atomic E-state index is 13.2. The monoisotopic (exact) mass is 416 g/mol. The molecule has 0 radical (unpaired) electrons. The number of urea groups is 1. The summed E-state index contributed by atoms with van der Waals surface area (Å²) < 4.78 is 5.38. The molecule has 1 aromatic carbocycles. The van der Waals surface area contributed by atoms with Crippen molar-refractivity contribution in [3.05, 3.63) is 51.2 Å². The number of ether oxygens (including phenoxy) is 1. The quantitative estimate of drug-likeness (QED) is 0.489. The van der Waals surface area contributed by atoms with Crippen LogP contribution in [-0.2, 0) is 9.53 Å². The Morgan fingerprint density at radius 2 is 2.07 bits per heavy atom. The van der Waals surface area contributed by atoms with E-state index in [0.717, 1.165) is 39.3 Å². The van der Waals surface area contributed by atoms with Crippen molar-refractivity contribution >= 4 is 17.6 Å². The van der Waals surface area contributed by atoms with Crippen molar-refractivity contribution in [3.63, 3.8) is 0 Å². The van der Waals surface area contributed by atoms with Crippen LogP contribution in [0, 0.1) is 10.1 Å². The molecular weight excluding hydrogens is 390 g/mol. The topological polar surface area (TPSA) is 109 Å². The molecule has 0 bridgehead atoms. The van der Waals surface area contributed by atoms with Gasteiger partial charge in [-0.1, -0.05) is 12.1 Å². The van der Waals surface area contributed by atoms with E-state index in [1.54, 1.807) is 24.1 Å². The number of morpholine rings is 1. The predicted octanol–water partition coefficient (Wildman–Crippen LogP) is -0.308. The van der Waals surface area contributed by atoms with Gasteiger partial charge >= 0.3 is 6.03 Å². The molecule has 3 aliphatic rings. The first-order valence-corrected chi connectivity index (χ1v) is 10.2. The van der Waals surface area contributed by atoms with E-state index in [1.807, 2.05) is 0 Å². The number of hydrogen-bond acceptors (Lipinski definition) is 5. The summed E-state index contributed by atoms with van der Waals surface area (Å²) in [6.45, 7) is 5.48. The highest BCUT2D eigenvalue weighted by Crippen LogP contribution is 2.36. The first-order valence-electron chi connectivity index (χ1n) is 10.2. The summed E-state index contributed by atoms with van der Waals surface area (Å²) in [5.41, 5.74) is 1.63. The molecule has 3 amide bonds. The molecule has 3 aliphatic heterocycles. The van der Waals surface area contributed by atoms with Crippen LogP contribution < -0.4 is 10.2 Å². The van der Waals surface area contributed by atoms with Crippen LogP contribution in [0.3, 0.4) is 0 Å². The van der Waals surface area contributed by atoms with E-state index >= 15 is 0 Å². The Labute approximate surface area is 174 Å². The summed E-state index contributed by atoms with van der Waals surface area (Å²) in [5.74, 6) is -0.120. The van der Waals surface area contributed by atoms with Gasteiger partial charge in [-0.15, -0.1) is 0 Å². The zero-order valence-electron chi connectivity index (χ0n) is 16.9. The number of benzene rings is 1. The lowest BCUT2D eigenvalue weighted by Crippen LogP contribution is -3.14. The number of likely N-dealkylation sites (N-methyl/N-ethyl adjacent to an activating group) is 1. The van der Waals surface area contributed by atoms with Gasteiger partial charge in [-0.25, -0.2) is 4.79 Å². The van der Waals surface area contributed by atoms with Crippen LogP contribution in [0.1, 0.15) is 18.0 Å². The van der Waals surface area contributed by atoms with E-state index in [1.165, 1.54) is 21.9 Å². The molecule has 0 unspecified atom stereocenters. The number of hydrogen-bond donors (Lipinski definition) is 2. The number of carbonyl (C=O) groups excluding carboxylic acids is 2. The minimum absolute atomic E-state index is 0.0707. The average Bonchev–Trinajstić information content (AvgIpc) is 3.08. The van der Waals surface area contributed by atoms with Gasteiger partial charge in [0.05, 0.1) is 48.5 Å². The SMILES string of the molecule is CN1C(=O)N[C@@H](c2cccc([N+](=O)[O-])c2)C2=C1CN(CCC[NH+]1CCOCC1)C2=O. The van der Waals surface area contributed by atoms with E-state index in [-0.39, 0.29) is 17.6 Å². The van der Waals surface area contributed by atoms with Gasteiger partial charge in [0.15, 0.2) is 0 Å². The third kappa shape index (κ3) is 3.88. The molecule has 0 aromatic heterocycles. The molecular formula is C20H26N5O5+.